The van der Waals surface area contributed by atoms with Gasteiger partial charge in [0.05, 0.1) is 0 Å². The number of hydrogen-bond donors (Lipinski definition) is 1. The number of carboxylic acids is 1. The van der Waals surface area contributed by atoms with E-state index in [0.29, 0.717) is 0 Å². The van der Waals surface area contributed by atoms with Crippen LogP contribution in [0.2, 0.25) is 0 Å². The predicted molar refractivity (Wildman–Crippen MR) is 72.2 cm³/mol. The van der Waals surface area contributed by atoms with Gasteiger partial charge in [-0.1, -0.05) is 6.42 Å². The molecule has 1 saturated heterocycles. The van der Waals surface area contributed by atoms with Gasteiger partial charge < -0.3 is 9.52 Å². The van der Waals surface area contributed by atoms with Crippen LogP contribution in [0.3, 0.4) is 0 Å². The molecule has 2 rings (SSSR count). The van der Waals surface area contributed by atoms with Crippen LogP contribution in [0.25, 0.3) is 0 Å². The van der Waals surface area contributed by atoms with Crippen molar-refractivity contribution in [2.45, 2.75) is 57.0 Å². The maximum absolute atomic E-state index is 12.7. The van der Waals surface area contributed by atoms with Gasteiger partial charge in [0.25, 0.3) is 0 Å². The molecule has 112 valence electrons. The van der Waals surface area contributed by atoms with Gasteiger partial charge in [0.1, 0.15) is 10.7 Å². The second-order valence-electron chi connectivity index (χ2n) is 5.30. The Morgan fingerprint density at radius 3 is 2.35 bits per heavy atom. The second-order valence-corrected chi connectivity index (χ2v) is 7.11. The Kier molecular flexibility index (Phi) is 3.93. The molecule has 1 fully saturated rings. The number of carbonyl (C=O) groups is 1. The highest BCUT2D eigenvalue weighted by Crippen LogP contribution is 2.32. The van der Waals surface area contributed by atoms with E-state index in [2.05, 4.69) is 0 Å². The fraction of sp³-hybridized carbons (Fsp3) is 0.615. The molecule has 7 heteroatoms. The van der Waals surface area contributed by atoms with Crippen LogP contribution in [-0.4, -0.2) is 35.9 Å². The van der Waals surface area contributed by atoms with Crippen LogP contribution >= 0.6 is 0 Å². The van der Waals surface area contributed by atoms with E-state index in [-0.39, 0.29) is 28.5 Å². The molecule has 1 N–H and O–H groups in total. The van der Waals surface area contributed by atoms with Crippen molar-refractivity contribution in [1.29, 1.82) is 0 Å². The first-order chi connectivity index (χ1) is 9.25. The molecule has 6 nitrogen and oxygen atoms in total. The molecule has 2 unspecified atom stereocenters. The van der Waals surface area contributed by atoms with E-state index in [1.54, 1.807) is 0 Å². The molecule has 0 bridgehead atoms. The number of aromatic carboxylic acids is 1. The van der Waals surface area contributed by atoms with E-state index in [1.165, 1.54) is 11.2 Å². The van der Waals surface area contributed by atoms with Crippen molar-refractivity contribution in [2.24, 2.45) is 0 Å². The quantitative estimate of drug-likeness (QED) is 0.925. The molecule has 0 aliphatic carbocycles. The van der Waals surface area contributed by atoms with Crippen LogP contribution in [0.15, 0.2) is 15.4 Å². The lowest BCUT2D eigenvalue weighted by molar-refractivity contribution is 0.0661. The largest absolute Gasteiger partial charge is 0.475 e. The highest BCUT2D eigenvalue weighted by Gasteiger charge is 2.38. The summed E-state index contributed by atoms with van der Waals surface area (Å²) in [6, 6.07) is 0.916. The Morgan fingerprint density at radius 2 is 1.90 bits per heavy atom. The zero-order valence-electron chi connectivity index (χ0n) is 11.8. The molecule has 0 amide bonds. The predicted octanol–water partition coefficient (Wildman–Crippen LogP) is 2.24. The van der Waals surface area contributed by atoms with Gasteiger partial charge in [-0.15, -0.1) is 0 Å². The third-order valence-corrected chi connectivity index (χ3v) is 5.99. The highest BCUT2D eigenvalue weighted by atomic mass is 32.2. The van der Waals surface area contributed by atoms with Gasteiger partial charge in [0.2, 0.25) is 15.8 Å². The summed E-state index contributed by atoms with van der Waals surface area (Å²) >= 11 is 0. The number of aryl methyl sites for hydroxylation is 1. The molecule has 0 saturated carbocycles. The lowest BCUT2D eigenvalue weighted by Gasteiger charge is -2.37. The van der Waals surface area contributed by atoms with Crippen molar-refractivity contribution in [1.82, 2.24) is 4.31 Å². The summed E-state index contributed by atoms with van der Waals surface area (Å²) in [5, 5.41) is 8.90. The van der Waals surface area contributed by atoms with Gasteiger partial charge in [-0.2, -0.15) is 4.31 Å². The monoisotopic (exact) mass is 301 g/mol. The van der Waals surface area contributed by atoms with Crippen molar-refractivity contribution in [2.75, 3.05) is 0 Å². The van der Waals surface area contributed by atoms with Crippen molar-refractivity contribution in [3.05, 3.63) is 17.6 Å². The first-order valence-electron chi connectivity index (χ1n) is 6.62. The average Bonchev–Trinajstić information content (AvgIpc) is 2.71. The average molecular weight is 301 g/mol. The molecule has 1 aliphatic heterocycles. The molecule has 20 heavy (non-hydrogen) atoms. The summed E-state index contributed by atoms with van der Waals surface area (Å²) in [4.78, 5) is 10.9. The smallest absolute Gasteiger partial charge is 0.371 e. The molecule has 0 spiro atoms. The van der Waals surface area contributed by atoms with Crippen LogP contribution < -0.4 is 0 Å². The third-order valence-electron chi connectivity index (χ3n) is 3.75. The summed E-state index contributed by atoms with van der Waals surface area (Å²) in [6.07, 6.45) is 2.62. The van der Waals surface area contributed by atoms with Crippen molar-refractivity contribution < 1.29 is 22.7 Å². The molecule has 2 atom stereocenters. The topological polar surface area (TPSA) is 87.8 Å². The maximum Gasteiger partial charge on any atom is 0.371 e. The first-order valence-corrected chi connectivity index (χ1v) is 8.06. The number of nitrogens with zero attached hydrogens (tertiary/aromatic N) is 1. The number of sulfonamides is 1. The van der Waals surface area contributed by atoms with Crippen LogP contribution in [-0.2, 0) is 10.0 Å². The van der Waals surface area contributed by atoms with Gasteiger partial charge in [-0.3, -0.25) is 0 Å². The van der Waals surface area contributed by atoms with E-state index >= 15 is 0 Å². The lowest BCUT2D eigenvalue weighted by Crippen LogP contribution is -2.47. The normalized spacial score (nSPS) is 24.8. The zero-order chi connectivity index (χ0) is 15.1. The van der Waals surface area contributed by atoms with Gasteiger partial charge in [-0.05, 0) is 33.6 Å². The number of furan rings is 1. The summed E-state index contributed by atoms with van der Waals surface area (Å²) < 4.78 is 32.0. The van der Waals surface area contributed by atoms with Gasteiger partial charge >= 0.3 is 5.97 Å². The number of carboxylic acid groups (broad SMARTS) is 1. The minimum absolute atomic E-state index is 0.0458. The van der Waals surface area contributed by atoms with Crippen LogP contribution in [0.1, 0.15) is 49.4 Å². The minimum Gasteiger partial charge on any atom is -0.475 e. The fourth-order valence-electron chi connectivity index (χ4n) is 2.81. The molecule has 0 aromatic carbocycles. The van der Waals surface area contributed by atoms with Gasteiger partial charge in [0, 0.05) is 18.2 Å². The Morgan fingerprint density at radius 1 is 1.35 bits per heavy atom. The third kappa shape index (κ3) is 2.47. The number of rotatable bonds is 3. The number of hydrogen-bond acceptors (Lipinski definition) is 4. The van der Waals surface area contributed by atoms with E-state index in [0.717, 1.165) is 25.3 Å². The standard InChI is InChI=1S/C13H19NO5S/c1-8-5-4-6-9(2)14(8)20(17,18)12-7-11(13(15)16)19-10(12)3/h7-9H,4-6H2,1-3H3,(H,15,16). The van der Waals surface area contributed by atoms with Crippen LogP contribution in [0.4, 0.5) is 0 Å². The Hall–Kier alpha value is -1.34. The highest BCUT2D eigenvalue weighted by molar-refractivity contribution is 7.89. The minimum atomic E-state index is -3.73. The second kappa shape index (κ2) is 5.21. The molecule has 1 aromatic rings. The summed E-state index contributed by atoms with van der Waals surface area (Å²) in [5.41, 5.74) is 0. The SMILES string of the molecule is Cc1oc(C(=O)O)cc1S(=O)(=O)N1C(C)CCCC1C. The first kappa shape index (κ1) is 15.1. The van der Waals surface area contributed by atoms with Crippen molar-refractivity contribution in [3.8, 4) is 0 Å². The molecule has 0 radical (unpaired) electrons. The summed E-state index contributed by atoms with van der Waals surface area (Å²) in [6.45, 7) is 5.22. The molecule has 2 heterocycles. The Labute approximate surface area is 118 Å². The number of piperidine rings is 1. The Bertz CT molecular complexity index is 609. The molecular formula is C13H19NO5S. The van der Waals surface area contributed by atoms with Gasteiger partial charge in [0.15, 0.2) is 0 Å². The maximum atomic E-state index is 12.7. The summed E-state index contributed by atoms with van der Waals surface area (Å²) in [7, 11) is -3.73. The van der Waals surface area contributed by atoms with E-state index in [9.17, 15) is 13.2 Å². The van der Waals surface area contributed by atoms with Crippen molar-refractivity contribution >= 4 is 16.0 Å². The fourth-order valence-corrected chi connectivity index (χ4v) is 4.86. The summed E-state index contributed by atoms with van der Waals surface area (Å²) in [5.74, 6) is -1.50. The molecule has 1 aliphatic rings. The van der Waals surface area contributed by atoms with E-state index in [1.807, 2.05) is 13.8 Å². The Balaban J connectivity index is 2.46. The lowest BCUT2D eigenvalue weighted by atomic mass is 10.0. The van der Waals surface area contributed by atoms with Crippen molar-refractivity contribution in [3.63, 3.8) is 0 Å². The molecule has 1 aromatic heterocycles. The zero-order valence-corrected chi connectivity index (χ0v) is 12.6. The van der Waals surface area contributed by atoms with E-state index < -0.39 is 16.0 Å². The van der Waals surface area contributed by atoms with Gasteiger partial charge in [-0.25, -0.2) is 13.2 Å². The van der Waals surface area contributed by atoms with Crippen LogP contribution in [0, 0.1) is 6.92 Å². The van der Waals surface area contributed by atoms with E-state index in [4.69, 9.17) is 9.52 Å². The van der Waals surface area contributed by atoms with Crippen LogP contribution in [0.5, 0.6) is 0 Å². The molecular weight excluding hydrogens is 282 g/mol.